The number of nitrogens with one attached hydrogen (secondary N) is 1. The monoisotopic (exact) mass is 661 g/mol. The third kappa shape index (κ3) is 6.89. The molecular weight excluding hydrogens is 632 g/mol. The topological polar surface area (TPSA) is 182 Å². The Labute approximate surface area is 272 Å². The van der Waals surface area contributed by atoms with Crippen molar-refractivity contribution in [2.24, 2.45) is 10.7 Å². The second-order valence-electron chi connectivity index (χ2n) is 10.1. The van der Waals surface area contributed by atoms with Crippen LogP contribution in [0.2, 0.25) is 0 Å². The Bertz CT molecular complexity index is 1970. The van der Waals surface area contributed by atoms with Gasteiger partial charge < -0.3 is 44.5 Å². The number of methoxy groups -OCH3 is 2. The third-order valence-corrected chi connectivity index (χ3v) is 6.96. The van der Waals surface area contributed by atoms with Gasteiger partial charge in [0.25, 0.3) is 11.8 Å². The van der Waals surface area contributed by atoms with E-state index in [-0.39, 0.29) is 45.7 Å². The smallest absolute Gasteiger partial charge is 0.328 e. The van der Waals surface area contributed by atoms with Crippen LogP contribution in [0, 0.1) is 17.0 Å². The molecule has 1 aliphatic heterocycles. The Morgan fingerprint density at radius 1 is 0.958 bits per heavy atom. The predicted octanol–water partition coefficient (Wildman–Crippen LogP) is 5.53. The van der Waals surface area contributed by atoms with E-state index in [0.29, 0.717) is 24.5 Å². The summed E-state index contributed by atoms with van der Waals surface area (Å²) in [5, 5.41) is 27.2. The van der Waals surface area contributed by atoms with Crippen LogP contribution in [-0.4, -0.2) is 72.1 Å². The normalized spacial score (nSPS) is 12.5. The number of likely N-dealkylation sites (N-methyl/N-ethyl adjacent to an activating group) is 1. The molecule has 0 bridgehead atoms. The van der Waals surface area contributed by atoms with E-state index in [2.05, 4.69) is 9.98 Å². The number of benzene rings is 3. The number of aromatic hydroxyl groups is 1. The number of carbonyl (C=O) groups is 1. The lowest BCUT2D eigenvalue weighted by Crippen LogP contribution is -2.23. The molecule has 0 aliphatic carbocycles. The molecule has 1 aromatic heterocycles. The molecule has 0 spiro atoms. The number of aromatic nitrogens is 1. The average Bonchev–Trinajstić information content (AvgIpc) is 3.50. The second kappa shape index (κ2) is 13.9. The van der Waals surface area contributed by atoms with E-state index in [1.54, 1.807) is 18.2 Å². The molecule has 0 fully saturated rings. The zero-order valence-corrected chi connectivity index (χ0v) is 25.8. The minimum atomic E-state index is -1.46. The van der Waals surface area contributed by atoms with E-state index in [0.717, 1.165) is 12.1 Å². The molecule has 0 atom stereocenters. The van der Waals surface area contributed by atoms with Crippen molar-refractivity contribution in [3.63, 3.8) is 0 Å². The Morgan fingerprint density at radius 3 is 2.35 bits per heavy atom. The highest BCUT2D eigenvalue weighted by Gasteiger charge is 2.29. The Morgan fingerprint density at radius 2 is 1.71 bits per heavy atom. The van der Waals surface area contributed by atoms with Crippen molar-refractivity contribution in [2.45, 2.75) is 0 Å². The number of pyridine rings is 1. The molecule has 0 unspecified atom stereocenters. The number of aliphatic imine (C=N–C) groups is 1. The van der Waals surface area contributed by atoms with Gasteiger partial charge >= 0.3 is 5.97 Å². The number of carboxylic acids is 1. The number of aliphatic carboxylic acids is 1. The van der Waals surface area contributed by atoms with E-state index in [1.165, 1.54) is 50.6 Å². The largest absolute Gasteiger partial charge is 0.504 e. The highest BCUT2D eigenvalue weighted by atomic mass is 19.1. The first kappa shape index (κ1) is 33.0. The van der Waals surface area contributed by atoms with Crippen molar-refractivity contribution in [1.82, 2.24) is 9.88 Å². The molecule has 48 heavy (non-hydrogen) atoms. The Balaban J connectivity index is 1.65. The van der Waals surface area contributed by atoms with Gasteiger partial charge in [0.05, 0.1) is 20.8 Å². The van der Waals surface area contributed by atoms with E-state index in [1.807, 2.05) is 11.9 Å². The SMILES string of the molecule is COc1ccc(C=CC(=O)O)c(OC)c1Oc1c(F)c(Oc2cccc(C3=NCCN3C)c2)nc(Oc2cc(C(=N)N)ccc2O)c1F. The van der Waals surface area contributed by atoms with Gasteiger partial charge in [0.2, 0.25) is 23.1 Å². The maximum Gasteiger partial charge on any atom is 0.328 e. The summed E-state index contributed by atoms with van der Waals surface area (Å²) in [5.41, 5.74) is 6.55. The molecule has 5 N–H and O–H groups in total. The van der Waals surface area contributed by atoms with Crippen LogP contribution in [0.15, 0.2) is 65.7 Å². The number of ether oxygens (including phenoxy) is 5. The van der Waals surface area contributed by atoms with Gasteiger partial charge in [-0.05, 0) is 48.5 Å². The summed E-state index contributed by atoms with van der Waals surface area (Å²) >= 11 is 0. The molecule has 1 aliphatic rings. The number of nitrogen functional groups attached to an aromatic ring is 1. The van der Waals surface area contributed by atoms with Gasteiger partial charge in [0.1, 0.15) is 17.4 Å². The van der Waals surface area contributed by atoms with Crippen LogP contribution in [-0.2, 0) is 4.79 Å². The summed E-state index contributed by atoms with van der Waals surface area (Å²) in [6.07, 6.45) is 2.03. The Kier molecular flexibility index (Phi) is 9.59. The minimum Gasteiger partial charge on any atom is -0.504 e. The number of nitrogens with zero attached hydrogens (tertiary/aromatic N) is 3. The molecule has 13 nitrogen and oxygen atoms in total. The summed E-state index contributed by atoms with van der Waals surface area (Å²) in [6, 6.07) is 13.1. The lowest BCUT2D eigenvalue weighted by atomic mass is 10.1. The molecule has 4 aromatic rings. The van der Waals surface area contributed by atoms with Gasteiger partial charge in [-0.2, -0.15) is 13.8 Å². The van der Waals surface area contributed by atoms with Gasteiger partial charge in [-0.3, -0.25) is 10.4 Å². The summed E-state index contributed by atoms with van der Waals surface area (Å²) in [4.78, 5) is 21.5. The van der Waals surface area contributed by atoms with Gasteiger partial charge in [-0.1, -0.05) is 12.1 Å². The number of amidine groups is 2. The highest BCUT2D eigenvalue weighted by molar-refractivity contribution is 6.00. The molecule has 5 rings (SSSR count). The predicted molar refractivity (Wildman–Crippen MR) is 170 cm³/mol. The number of phenols is 1. The van der Waals surface area contributed by atoms with Crippen molar-refractivity contribution < 1.29 is 47.5 Å². The van der Waals surface area contributed by atoms with Crippen molar-refractivity contribution in [3.05, 3.63) is 89.0 Å². The van der Waals surface area contributed by atoms with Crippen LogP contribution in [0.1, 0.15) is 16.7 Å². The zero-order chi connectivity index (χ0) is 34.5. The first-order chi connectivity index (χ1) is 23.0. The molecule has 248 valence electrons. The van der Waals surface area contributed by atoms with E-state index in [4.69, 9.17) is 39.9 Å². The fourth-order valence-corrected chi connectivity index (χ4v) is 4.65. The first-order valence-corrected chi connectivity index (χ1v) is 14.1. The van der Waals surface area contributed by atoms with Crippen LogP contribution < -0.4 is 29.4 Å². The van der Waals surface area contributed by atoms with Gasteiger partial charge in [0.15, 0.2) is 23.0 Å². The summed E-state index contributed by atoms with van der Waals surface area (Å²) in [5.74, 6) is -7.68. The fraction of sp³-hybridized carbons (Fsp3) is 0.152. The minimum absolute atomic E-state index is 0.0270. The lowest BCUT2D eigenvalue weighted by molar-refractivity contribution is -0.131. The fourth-order valence-electron chi connectivity index (χ4n) is 4.65. The molecule has 0 saturated carbocycles. The molecule has 0 saturated heterocycles. The summed E-state index contributed by atoms with van der Waals surface area (Å²) < 4.78 is 60.4. The molecule has 0 amide bonds. The second-order valence-corrected chi connectivity index (χ2v) is 10.1. The van der Waals surface area contributed by atoms with Crippen LogP contribution >= 0.6 is 0 Å². The summed E-state index contributed by atoms with van der Waals surface area (Å²) in [6.45, 7) is 1.32. The van der Waals surface area contributed by atoms with Crippen molar-refractivity contribution >= 4 is 23.7 Å². The number of carboxylic acid groups (broad SMARTS) is 1. The average molecular weight is 662 g/mol. The highest BCUT2D eigenvalue weighted by Crippen LogP contribution is 2.47. The maximum atomic E-state index is 16.3. The van der Waals surface area contributed by atoms with Gasteiger partial charge in [-0.25, -0.2) is 4.79 Å². The van der Waals surface area contributed by atoms with Crippen molar-refractivity contribution in [1.29, 1.82) is 5.41 Å². The molecular formula is C33H29F2N5O8. The maximum absolute atomic E-state index is 16.3. The number of hydrogen-bond acceptors (Lipinski definition) is 11. The van der Waals surface area contributed by atoms with E-state index in [9.17, 15) is 9.90 Å². The van der Waals surface area contributed by atoms with Gasteiger partial charge in [-0.15, -0.1) is 0 Å². The number of nitrogens with two attached hydrogens (primary N) is 1. The van der Waals surface area contributed by atoms with Crippen molar-refractivity contribution in [2.75, 3.05) is 34.4 Å². The molecule has 3 aromatic carbocycles. The van der Waals surface area contributed by atoms with Crippen LogP contribution in [0.25, 0.3) is 6.08 Å². The van der Waals surface area contributed by atoms with Crippen molar-refractivity contribution in [3.8, 4) is 52.0 Å². The van der Waals surface area contributed by atoms with E-state index >= 15 is 8.78 Å². The van der Waals surface area contributed by atoms with E-state index < -0.39 is 40.9 Å². The number of phenolic OH excluding ortho intramolecular Hbond substituents is 1. The quantitative estimate of drug-likeness (QED) is 0.0851. The summed E-state index contributed by atoms with van der Waals surface area (Å²) in [7, 11) is 4.39. The Hall–Kier alpha value is -6.38. The molecule has 0 radical (unpaired) electrons. The standard InChI is InChI=1S/C33H29F2N5O8/c1-40-14-13-38-31(40)19-5-4-6-20(15-19)46-32-25(34)29(26(35)33(39-32)47-23-16-18(30(36)37)7-10-21(23)41)48-28-22(44-2)11-8-17(27(28)45-3)9-12-24(42)43/h4-12,15-16,41H,13-14H2,1-3H3,(H3,36,37)(H,42,43). The van der Waals surface area contributed by atoms with Crippen LogP contribution in [0.4, 0.5) is 8.78 Å². The lowest BCUT2D eigenvalue weighted by Gasteiger charge is -2.19. The molecule has 15 heteroatoms. The number of rotatable bonds is 12. The zero-order valence-electron chi connectivity index (χ0n) is 25.8. The number of halogens is 2. The van der Waals surface area contributed by atoms with Crippen LogP contribution in [0.3, 0.4) is 0 Å². The molecule has 2 heterocycles. The number of hydrogen-bond donors (Lipinski definition) is 4. The first-order valence-electron chi connectivity index (χ1n) is 14.1. The van der Waals surface area contributed by atoms with Gasteiger partial charge in [0, 0.05) is 36.4 Å². The van der Waals surface area contributed by atoms with Crippen LogP contribution in [0.5, 0.6) is 52.0 Å². The third-order valence-electron chi connectivity index (χ3n) is 6.96.